The molecule has 1 fully saturated rings. The largest absolute Gasteiger partial charge is 0.370 e. The van der Waals surface area contributed by atoms with E-state index < -0.39 is 0 Å². The molecule has 2 heterocycles. The van der Waals surface area contributed by atoms with E-state index in [0.29, 0.717) is 12.2 Å². The van der Waals surface area contributed by atoms with Crippen molar-refractivity contribution in [2.24, 2.45) is 0 Å². The highest BCUT2D eigenvalue weighted by atomic mass is 32.1. The molecular formula is C12H18OS. The van der Waals surface area contributed by atoms with Gasteiger partial charge in [0.15, 0.2) is 0 Å². The third-order valence-corrected chi connectivity index (χ3v) is 4.08. The van der Waals surface area contributed by atoms with Crippen LogP contribution in [-0.4, -0.2) is 12.2 Å². The SMILES string of the molecule is CCC(CC1OC1CC)c1cccs1. The highest BCUT2D eigenvalue weighted by Gasteiger charge is 2.38. The van der Waals surface area contributed by atoms with Crippen LogP contribution >= 0.6 is 11.3 Å². The molecule has 14 heavy (non-hydrogen) atoms. The second-order valence-electron chi connectivity index (χ2n) is 3.98. The van der Waals surface area contributed by atoms with Crippen LogP contribution in [0.15, 0.2) is 17.5 Å². The fourth-order valence-electron chi connectivity index (χ4n) is 2.03. The zero-order chi connectivity index (χ0) is 9.97. The van der Waals surface area contributed by atoms with Gasteiger partial charge in [0.05, 0.1) is 12.2 Å². The van der Waals surface area contributed by atoms with E-state index in [4.69, 9.17) is 4.74 Å². The van der Waals surface area contributed by atoms with E-state index >= 15 is 0 Å². The first-order chi connectivity index (χ1) is 6.85. The van der Waals surface area contributed by atoms with E-state index in [-0.39, 0.29) is 0 Å². The van der Waals surface area contributed by atoms with Gasteiger partial charge in [-0.25, -0.2) is 0 Å². The monoisotopic (exact) mass is 210 g/mol. The van der Waals surface area contributed by atoms with Crippen molar-refractivity contribution < 1.29 is 4.74 Å². The standard InChI is InChI=1S/C12H18OS/c1-3-9(12-6-5-7-14-12)8-11-10(4-2)13-11/h5-7,9-11H,3-4,8H2,1-2H3. The van der Waals surface area contributed by atoms with Crippen molar-refractivity contribution in [2.45, 2.75) is 51.2 Å². The summed E-state index contributed by atoms with van der Waals surface area (Å²) < 4.78 is 5.60. The van der Waals surface area contributed by atoms with Gasteiger partial charge in [0, 0.05) is 4.88 Å². The zero-order valence-corrected chi connectivity index (χ0v) is 9.72. The van der Waals surface area contributed by atoms with Crippen LogP contribution in [0.4, 0.5) is 0 Å². The van der Waals surface area contributed by atoms with E-state index in [9.17, 15) is 0 Å². The van der Waals surface area contributed by atoms with E-state index in [2.05, 4.69) is 31.4 Å². The van der Waals surface area contributed by atoms with Gasteiger partial charge in [-0.3, -0.25) is 0 Å². The highest BCUT2D eigenvalue weighted by molar-refractivity contribution is 7.10. The predicted octanol–water partition coefficient (Wildman–Crippen LogP) is 3.81. The average molecular weight is 210 g/mol. The van der Waals surface area contributed by atoms with Gasteiger partial charge in [-0.05, 0) is 36.6 Å². The summed E-state index contributed by atoms with van der Waals surface area (Å²) in [5.41, 5.74) is 0. The molecule has 3 atom stereocenters. The molecule has 0 spiro atoms. The molecule has 3 unspecified atom stereocenters. The van der Waals surface area contributed by atoms with Crippen LogP contribution in [0.2, 0.25) is 0 Å². The van der Waals surface area contributed by atoms with Crippen molar-refractivity contribution in [1.82, 2.24) is 0 Å². The first kappa shape index (κ1) is 10.2. The average Bonchev–Trinajstić information content (AvgIpc) is 2.74. The first-order valence-corrected chi connectivity index (χ1v) is 6.42. The molecule has 78 valence electrons. The second kappa shape index (κ2) is 4.45. The summed E-state index contributed by atoms with van der Waals surface area (Å²) in [7, 11) is 0. The lowest BCUT2D eigenvalue weighted by atomic mass is 9.97. The molecule has 2 rings (SSSR count). The molecule has 1 aliphatic heterocycles. The van der Waals surface area contributed by atoms with Crippen molar-refractivity contribution in [3.63, 3.8) is 0 Å². The van der Waals surface area contributed by atoms with Crippen LogP contribution in [0.3, 0.4) is 0 Å². The molecule has 1 saturated heterocycles. The lowest BCUT2D eigenvalue weighted by Gasteiger charge is -2.10. The second-order valence-corrected chi connectivity index (χ2v) is 4.96. The van der Waals surface area contributed by atoms with Crippen molar-refractivity contribution in [1.29, 1.82) is 0 Å². The van der Waals surface area contributed by atoms with Crippen molar-refractivity contribution in [3.05, 3.63) is 22.4 Å². The van der Waals surface area contributed by atoms with Crippen molar-refractivity contribution in [3.8, 4) is 0 Å². The number of thiophene rings is 1. The van der Waals surface area contributed by atoms with Crippen LogP contribution in [0.5, 0.6) is 0 Å². The van der Waals surface area contributed by atoms with Gasteiger partial charge in [0.1, 0.15) is 0 Å². The Morgan fingerprint density at radius 3 is 2.79 bits per heavy atom. The smallest absolute Gasteiger partial charge is 0.0847 e. The fraction of sp³-hybridized carbons (Fsp3) is 0.667. The van der Waals surface area contributed by atoms with Crippen LogP contribution < -0.4 is 0 Å². The Hall–Kier alpha value is -0.340. The minimum Gasteiger partial charge on any atom is -0.370 e. The molecule has 0 saturated carbocycles. The summed E-state index contributed by atoms with van der Waals surface area (Å²) in [5, 5.41) is 2.17. The summed E-state index contributed by atoms with van der Waals surface area (Å²) in [6, 6.07) is 4.40. The predicted molar refractivity (Wildman–Crippen MR) is 60.9 cm³/mol. The fourth-order valence-corrected chi connectivity index (χ4v) is 2.96. The molecular weight excluding hydrogens is 192 g/mol. The topological polar surface area (TPSA) is 12.5 Å². The van der Waals surface area contributed by atoms with E-state index in [1.54, 1.807) is 0 Å². The maximum atomic E-state index is 5.60. The number of hydrogen-bond donors (Lipinski definition) is 0. The molecule has 0 amide bonds. The van der Waals surface area contributed by atoms with E-state index in [1.807, 2.05) is 11.3 Å². The molecule has 2 heteroatoms. The lowest BCUT2D eigenvalue weighted by molar-refractivity contribution is 0.349. The van der Waals surface area contributed by atoms with Gasteiger partial charge >= 0.3 is 0 Å². The summed E-state index contributed by atoms with van der Waals surface area (Å²) in [6.07, 6.45) is 4.73. The molecule has 0 radical (unpaired) electrons. The Labute approximate surface area is 90.1 Å². The Morgan fingerprint density at radius 1 is 1.43 bits per heavy atom. The summed E-state index contributed by atoms with van der Waals surface area (Å²) in [6.45, 7) is 4.48. The Morgan fingerprint density at radius 2 is 2.29 bits per heavy atom. The van der Waals surface area contributed by atoms with Crippen molar-refractivity contribution >= 4 is 11.3 Å². The van der Waals surface area contributed by atoms with Gasteiger partial charge in [0.25, 0.3) is 0 Å². The normalized spacial score (nSPS) is 27.6. The van der Waals surface area contributed by atoms with Gasteiger partial charge < -0.3 is 4.74 Å². The number of hydrogen-bond acceptors (Lipinski definition) is 2. The molecule has 1 aromatic rings. The maximum Gasteiger partial charge on any atom is 0.0847 e. The highest BCUT2D eigenvalue weighted by Crippen LogP contribution is 2.37. The maximum absolute atomic E-state index is 5.60. The minimum absolute atomic E-state index is 0.548. The van der Waals surface area contributed by atoms with Crippen LogP contribution in [0, 0.1) is 0 Å². The molecule has 1 nitrogen and oxygen atoms in total. The molecule has 0 aromatic carbocycles. The van der Waals surface area contributed by atoms with E-state index in [1.165, 1.54) is 24.1 Å². The van der Waals surface area contributed by atoms with Crippen LogP contribution in [0.25, 0.3) is 0 Å². The number of epoxide rings is 1. The molecule has 0 N–H and O–H groups in total. The third kappa shape index (κ3) is 2.18. The Balaban J connectivity index is 1.89. The first-order valence-electron chi connectivity index (χ1n) is 5.54. The van der Waals surface area contributed by atoms with Crippen LogP contribution in [0.1, 0.15) is 43.9 Å². The van der Waals surface area contributed by atoms with Gasteiger partial charge in [-0.15, -0.1) is 11.3 Å². The Bertz CT molecular complexity index is 268. The summed E-state index contributed by atoms with van der Waals surface area (Å²) >= 11 is 1.88. The van der Waals surface area contributed by atoms with E-state index in [0.717, 1.165) is 5.92 Å². The lowest BCUT2D eigenvalue weighted by Crippen LogP contribution is -2.01. The van der Waals surface area contributed by atoms with Crippen LogP contribution in [-0.2, 0) is 4.74 Å². The summed E-state index contributed by atoms with van der Waals surface area (Å²) in [5.74, 6) is 0.719. The number of ether oxygens (including phenoxy) is 1. The molecule has 0 bridgehead atoms. The minimum atomic E-state index is 0.548. The van der Waals surface area contributed by atoms with Gasteiger partial charge in [0.2, 0.25) is 0 Å². The summed E-state index contributed by atoms with van der Waals surface area (Å²) in [4.78, 5) is 1.53. The van der Waals surface area contributed by atoms with Crippen molar-refractivity contribution in [2.75, 3.05) is 0 Å². The molecule has 1 aromatic heterocycles. The zero-order valence-electron chi connectivity index (χ0n) is 8.90. The quantitative estimate of drug-likeness (QED) is 0.673. The molecule has 0 aliphatic carbocycles. The van der Waals surface area contributed by atoms with Gasteiger partial charge in [-0.2, -0.15) is 0 Å². The van der Waals surface area contributed by atoms with Gasteiger partial charge in [-0.1, -0.05) is 19.9 Å². The molecule has 1 aliphatic rings. The Kier molecular flexibility index (Phi) is 3.24. The third-order valence-electron chi connectivity index (χ3n) is 3.05. The number of rotatable bonds is 5.